The van der Waals surface area contributed by atoms with Crippen LogP contribution in [-0.4, -0.2) is 42.4 Å². The van der Waals surface area contributed by atoms with E-state index < -0.39 is 5.97 Å². The van der Waals surface area contributed by atoms with Gasteiger partial charge in [0.1, 0.15) is 0 Å². The number of halogens is 1. The Morgan fingerprint density at radius 3 is 2.64 bits per heavy atom. The van der Waals surface area contributed by atoms with Gasteiger partial charge < -0.3 is 14.0 Å². The number of thioether (sulfide) groups is 1. The van der Waals surface area contributed by atoms with Crippen LogP contribution >= 0.6 is 23.4 Å². The molecule has 0 saturated heterocycles. The van der Waals surface area contributed by atoms with Crippen molar-refractivity contribution in [2.75, 3.05) is 26.1 Å². The number of rotatable bonds is 10. The SMILES string of the molecule is COCC(C)n1c(C)cc(C(=O)COC(=O)CCSc2ccccc2Cl)c1C. The van der Waals surface area contributed by atoms with Crippen molar-refractivity contribution in [2.24, 2.45) is 0 Å². The van der Waals surface area contributed by atoms with Crippen molar-refractivity contribution < 1.29 is 19.1 Å². The molecule has 1 unspecified atom stereocenters. The summed E-state index contributed by atoms with van der Waals surface area (Å²) in [5.74, 6) is -0.0506. The van der Waals surface area contributed by atoms with Crippen LogP contribution in [0.25, 0.3) is 0 Å². The van der Waals surface area contributed by atoms with Gasteiger partial charge in [0, 0.05) is 34.7 Å². The van der Waals surface area contributed by atoms with Gasteiger partial charge in [-0.1, -0.05) is 23.7 Å². The van der Waals surface area contributed by atoms with Crippen molar-refractivity contribution in [3.63, 3.8) is 0 Å². The van der Waals surface area contributed by atoms with Gasteiger partial charge in [-0.05, 0) is 39.0 Å². The topological polar surface area (TPSA) is 57.5 Å². The zero-order chi connectivity index (χ0) is 20.7. The Bertz CT molecular complexity index is 834. The predicted molar refractivity (Wildman–Crippen MR) is 113 cm³/mol. The highest BCUT2D eigenvalue weighted by Gasteiger charge is 2.19. The molecule has 0 bridgehead atoms. The standard InChI is InChI=1S/C21H26ClNO4S/c1-14-11-17(16(3)23(14)15(2)12-26-4)19(24)13-27-21(25)9-10-28-20-8-6-5-7-18(20)22/h5-8,11,15H,9-10,12-13H2,1-4H3. The van der Waals surface area contributed by atoms with E-state index in [1.807, 2.05) is 51.1 Å². The van der Waals surface area contributed by atoms with Gasteiger partial charge >= 0.3 is 5.97 Å². The summed E-state index contributed by atoms with van der Waals surface area (Å²) >= 11 is 7.58. The summed E-state index contributed by atoms with van der Waals surface area (Å²) in [7, 11) is 1.65. The largest absolute Gasteiger partial charge is 0.457 e. The molecule has 152 valence electrons. The molecule has 5 nitrogen and oxygen atoms in total. The van der Waals surface area contributed by atoms with Crippen molar-refractivity contribution in [2.45, 2.75) is 38.1 Å². The molecule has 0 amide bonds. The lowest BCUT2D eigenvalue weighted by Gasteiger charge is -2.17. The van der Waals surface area contributed by atoms with Gasteiger partial charge in [-0.3, -0.25) is 9.59 Å². The van der Waals surface area contributed by atoms with E-state index in [0.29, 0.717) is 22.9 Å². The summed E-state index contributed by atoms with van der Waals surface area (Å²) in [4.78, 5) is 25.4. The smallest absolute Gasteiger partial charge is 0.307 e. The van der Waals surface area contributed by atoms with E-state index >= 15 is 0 Å². The molecule has 1 heterocycles. The third kappa shape index (κ3) is 5.87. The maximum absolute atomic E-state index is 12.5. The second-order valence-corrected chi connectivity index (χ2v) is 8.12. The molecule has 1 atom stereocenters. The van der Waals surface area contributed by atoms with Gasteiger partial charge in [0.15, 0.2) is 6.61 Å². The van der Waals surface area contributed by atoms with Gasteiger partial charge in [0.2, 0.25) is 5.78 Å². The first-order chi connectivity index (χ1) is 13.3. The van der Waals surface area contributed by atoms with Crippen molar-refractivity contribution in [3.05, 3.63) is 52.3 Å². The zero-order valence-corrected chi connectivity index (χ0v) is 18.2. The minimum atomic E-state index is -0.394. The van der Waals surface area contributed by atoms with E-state index in [4.69, 9.17) is 21.1 Å². The molecule has 0 aliphatic heterocycles. The number of aryl methyl sites for hydroxylation is 1. The molecule has 0 aliphatic carbocycles. The van der Waals surface area contributed by atoms with Crippen LogP contribution in [0.4, 0.5) is 0 Å². The second-order valence-electron chi connectivity index (χ2n) is 6.57. The van der Waals surface area contributed by atoms with Crippen molar-refractivity contribution in [1.82, 2.24) is 4.57 Å². The molecule has 0 saturated carbocycles. The lowest BCUT2D eigenvalue weighted by atomic mass is 10.1. The zero-order valence-electron chi connectivity index (χ0n) is 16.7. The average molecular weight is 424 g/mol. The Morgan fingerprint density at radius 1 is 1.25 bits per heavy atom. The lowest BCUT2D eigenvalue weighted by molar-refractivity contribution is -0.141. The van der Waals surface area contributed by atoms with E-state index in [2.05, 4.69) is 4.57 Å². The highest BCUT2D eigenvalue weighted by molar-refractivity contribution is 7.99. The summed E-state index contributed by atoms with van der Waals surface area (Å²) in [6.45, 7) is 6.19. The van der Waals surface area contributed by atoms with Crippen molar-refractivity contribution in [1.29, 1.82) is 0 Å². The van der Waals surface area contributed by atoms with Crippen LogP contribution < -0.4 is 0 Å². The van der Waals surface area contributed by atoms with E-state index in [9.17, 15) is 9.59 Å². The second kappa shape index (κ2) is 10.7. The molecule has 2 aromatic rings. The van der Waals surface area contributed by atoms with Crippen molar-refractivity contribution in [3.8, 4) is 0 Å². The highest BCUT2D eigenvalue weighted by Crippen LogP contribution is 2.27. The number of hydrogen-bond donors (Lipinski definition) is 0. The average Bonchev–Trinajstić information content (AvgIpc) is 2.96. The van der Waals surface area contributed by atoms with E-state index in [-0.39, 0.29) is 24.9 Å². The monoisotopic (exact) mass is 423 g/mol. The highest BCUT2D eigenvalue weighted by atomic mass is 35.5. The molecule has 7 heteroatoms. The van der Waals surface area contributed by atoms with Crippen LogP contribution in [0.1, 0.15) is 41.1 Å². The number of carbonyl (C=O) groups is 2. The molecule has 2 rings (SSSR count). The Kier molecular flexibility index (Phi) is 8.60. The number of nitrogens with zero attached hydrogens (tertiary/aromatic N) is 1. The number of esters is 1. The number of Topliss-reactive ketones (excluding diaryl/α,β-unsaturated/α-hetero) is 1. The normalized spacial score (nSPS) is 12.0. The summed E-state index contributed by atoms with van der Waals surface area (Å²) in [5, 5.41) is 0.661. The molecular weight excluding hydrogens is 398 g/mol. The minimum Gasteiger partial charge on any atom is -0.457 e. The van der Waals surface area contributed by atoms with E-state index in [1.54, 1.807) is 7.11 Å². The van der Waals surface area contributed by atoms with Crippen LogP contribution in [0, 0.1) is 13.8 Å². The van der Waals surface area contributed by atoms with Crippen LogP contribution in [0.2, 0.25) is 5.02 Å². The van der Waals surface area contributed by atoms with Gasteiger partial charge in [0.25, 0.3) is 0 Å². The molecule has 1 aromatic carbocycles. The van der Waals surface area contributed by atoms with Gasteiger partial charge in [0.05, 0.1) is 24.1 Å². The molecule has 0 aliphatic rings. The molecule has 28 heavy (non-hydrogen) atoms. The predicted octanol–water partition coefficient (Wildman–Crippen LogP) is 4.87. The fourth-order valence-corrected chi connectivity index (χ4v) is 4.32. The van der Waals surface area contributed by atoms with Crippen LogP contribution in [0.3, 0.4) is 0 Å². The Hall–Kier alpha value is -1.76. The summed E-state index contributed by atoms with van der Waals surface area (Å²) in [6.07, 6.45) is 0.215. The number of ether oxygens (including phenoxy) is 2. The number of carbonyl (C=O) groups excluding carboxylic acids is 2. The number of aromatic nitrogens is 1. The van der Waals surface area contributed by atoms with E-state index in [0.717, 1.165) is 16.3 Å². The fourth-order valence-electron chi connectivity index (χ4n) is 3.16. The summed E-state index contributed by atoms with van der Waals surface area (Å²) < 4.78 is 12.4. The van der Waals surface area contributed by atoms with E-state index in [1.165, 1.54) is 11.8 Å². The van der Waals surface area contributed by atoms with Crippen LogP contribution in [0.5, 0.6) is 0 Å². The molecule has 1 aromatic heterocycles. The van der Waals surface area contributed by atoms with Crippen LogP contribution in [0.15, 0.2) is 35.2 Å². The Balaban J connectivity index is 1.85. The maximum atomic E-state index is 12.5. The number of hydrogen-bond acceptors (Lipinski definition) is 5. The Morgan fingerprint density at radius 2 is 1.96 bits per heavy atom. The maximum Gasteiger partial charge on any atom is 0.307 e. The third-order valence-electron chi connectivity index (χ3n) is 4.40. The molecule has 0 fully saturated rings. The Labute approximate surface area is 175 Å². The number of methoxy groups -OCH3 is 1. The van der Waals surface area contributed by atoms with Crippen molar-refractivity contribution >= 4 is 35.1 Å². The quantitative estimate of drug-likeness (QED) is 0.310. The molecule has 0 N–H and O–H groups in total. The first-order valence-corrected chi connectivity index (χ1v) is 10.4. The molecular formula is C21H26ClNO4S. The lowest BCUT2D eigenvalue weighted by Crippen LogP contribution is -2.17. The van der Waals surface area contributed by atoms with Gasteiger partial charge in [-0.15, -0.1) is 11.8 Å². The van der Waals surface area contributed by atoms with Gasteiger partial charge in [-0.25, -0.2) is 0 Å². The van der Waals surface area contributed by atoms with Gasteiger partial charge in [-0.2, -0.15) is 0 Å². The van der Waals surface area contributed by atoms with Crippen LogP contribution in [-0.2, 0) is 14.3 Å². The number of ketones is 1. The first-order valence-electron chi connectivity index (χ1n) is 9.08. The fraction of sp³-hybridized carbons (Fsp3) is 0.429. The summed E-state index contributed by atoms with van der Waals surface area (Å²) in [5.41, 5.74) is 2.42. The summed E-state index contributed by atoms with van der Waals surface area (Å²) in [6, 6.07) is 9.43. The number of benzene rings is 1. The third-order valence-corrected chi connectivity index (χ3v) is 5.91. The molecule has 0 radical (unpaired) electrons. The first kappa shape index (κ1) is 22.5. The minimum absolute atomic E-state index is 0.121. The molecule has 0 spiro atoms.